The van der Waals surface area contributed by atoms with Crippen molar-refractivity contribution in [3.63, 3.8) is 0 Å². The van der Waals surface area contributed by atoms with E-state index in [4.69, 9.17) is 14.0 Å². The van der Waals surface area contributed by atoms with E-state index in [2.05, 4.69) is 15.8 Å². The van der Waals surface area contributed by atoms with Gasteiger partial charge >= 0.3 is 0 Å². The maximum absolute atomic E-state index is 13.3. The molecule has 0 radical (unpaired) electrons. The Hall–Kier alpha value is -3.40. The molecule has 3 atom stereocenters. The average molecular weight is 456 g/mol. The summed E-state index contributed by atoms with van der Waals surface area (Å²) in [6.45, 7) is 4.41. The molecule has 2 aromatic rings. The standard InChI is InChI=1S/C23H28N4O6/c1-4-24-21(28)11-15-6-7-18-20(32-15)12-31-19-8-5-14(10-16(19)23(30)27(18)3)25-22(29)17-9-13(2)33-26-17/h5,8-10,15,18,20H,4,6-7,11-12H2,1-3H3,(H,24,28)(H,25,29)/t15-,18+,20-/m1/s1. The van der Waals surface area contributed by atoms with E-state index in [1.807, 2.05) is 6.92 Å². The Morgan fingerprint density at radius 2 is 2.06 bits per heavy atom. The highest BCUT2D eigenvalue weighted by Crippen LogP contribution is 2.32. The average Bonchev–Trinajstić information content (AvgIpc) is 3.23. The second-order valence-electron chi connectivity index (χ2n) is 8.31. The highest BCUT2D eigenvalue weighted by atomic mass is 16.5. The van der Waals surface area contributed by atoms with Gasteiger partial charge in [-0.15, -0.1) is 0 Å². The number of nitrogens with one attached hydrogen (secondary N) is 2. The lowest BCUT2D eigenvalue weighted by molar-refractivity contribution is -0.133. The van der Waals surface area contributed by atoms with E-state index in [1.165, 1.54) is 6.07 Å². The zero-order valence-corrected chi connectivity index (χ0v) is 18.9. The second-order valence-corrected chi connectivity index (χ2v) is 8.31. The molecule has 3 amide bonds. The molecule has 2 aliphatic rings. The number of hydrogen-bond donors (Lipinski definition) is 2. The predicted octanol–water partition coefficient (Wildman–Crippen LogP) is 2.14. The zero-order valence-electron chi connectivity index (χ0n) is 18.9. The van der Waals surface area contributed by atoms with Crippen LogP contribution in [0.2, 0.25) is 0 Å². The molecule has 33 heavy (non-hydrogen) atoms. The second kappa shape index (κ2) is 9.62. The van der Waals surface area contributed by atoms with Gasteiger partial charge in [-0.25, -0.2) is 0 Å². The van der Waals surface area contributed by atoms with Crippen molar-refractivity contribution in [3.8, 4) is 5.75 Å². The summed E-state index contributed by atoms with van der Waals surface area (Å²) in [4.78, 5) is 39.3. The quantitative estimate of drug-likeness (QED) is 0.707. The van der Waals surface area contributed by atoms with Crippen LogP contribution >= 0.6 is 0 Å². The third-order valence-electron chi connectivity index (χ3n) is 5.92. The van der Waals surface area contributed by atoms with Crippen LogP contribution in [-0.4, -0.2) is 66.2 Å². The summed E-state index contributed by atoms with van der Waals surface area (Å²) in [5.41, 5.74) is 0.960. The van der Waals surface area contributed by atoms with Gasteiger partial charge in [0.1, 0.15) is 24.2 Å². The van der Waals surface area contributed by atoms with Gasteiger partial charge in [0.05, 0.1) is 24.1 Å². The molecule has 1 aromatic carbocycles. The lowest BCUT2D eigenvalue weighted by atomic mass is 9.94. The third-order valence-corrected chi connectivity index (χ3v) is 5.92. The largest absolute Gasteiger partial charge is 0.490 e. The molecule has 0 saturated carbocycles. The number of likely N-dealkylation sites (N-methyl/N-ethyl adjacent to an activating group) is 1. The highest BCUT2D eigenvalue weighted by molar-refractivity contribution is 6.04. The molecule has 0 aliphatic carbocycles. The maximum Gasteiger partial charge on any atom is 0.277 e. The number of nitrogens with zero attached hydrogens (tertiary/aromatic N) is 2. The van der Waals surface area contributed by atoms with E-state index in [-0.39, 0.29) is 42.4 Å². The van der Waals surface area contributed by atoms with Crippen LogP contribution in [0.25, 0.3) is 0 Å². The van der Waals surface area contributed by atoms with Gasteiger partial charge in [0.25, 0.3) is 11.8 Å². The lowest BCUT2D eigenvalue weighted by Gasteiger charge is -2.42. The number of carbonyl (C=O) groups is 3. The van der Waals surface area contributed by atoms with Crippen molar-refractivity contribution in [2.75, 3.05) is 25.5 Å². The van der Waals surface area contributed by atoms with Crippen molar-refractivity contribution in [3.05, 3.63) is 41.3 Å². The van der Waals surface area contributed by atoms with Gasteiger partial charge in [0.2, 0.25) is 5.91 Å². The van der Waals surface area contributed by atoms with Crippen LogP contribution < -0.4 is 15.4 Å². The third kappa shape index (κ3) is 5.00. The Morgan fingerprint density at radius 1 is 1.24 bits per heavy atom. The molecule has 10 heteroatoms. The minimum atomic E-state index is -0.432. The number of hydrogen-bond acceptors (Lipinski definition) is 7. The number of ether oxygens (including phenoxy) is 2. The van der Waals surface area contributed by atoms with Crippen LogP contribution in [0.1, 0.15) is 52.8 Å². The van der Waals surface area contributed by atoms with Crippen molar-refractivity contribution < 1.29 is 28.4 Å². The van der Waals surface area contributed by atoms with Crippen LogP contribution in [-0.2, 0) is 9.53 Å². The summed E-state index contributed by atoms with van der Waals surface area (Å²) in [6.07, 6.45) is 1.13. The summed E-state index contributed by atoms with van der Waals surface area (Å²) in [6, 6.07) is 6.27. The predicted molar refractivity (Wildman–Crippen MR) is 118 cm³/mol. The molecule has 176 valence electrons. The summed E-state index contributed by atoms with van der Waals surface area (Å²) in [5.74, 6) is 0.242. The zero-order chi connectivity index (χ0) is 23.5. The van der Waals surface area contributed by atoms with E-state index in [0.717, 1.165) is 0 Å². The van der Waals surface area contributed by atoms with Crippen LogP contribution in [0.4, 0.5) is 5.69 Å². The van der Waals surface area contributed by atoms with Crippen LogP contribution in [0, 0.1) is 6.92 Å². The minimum Gasteiger partial charge on any atom is -0.490 e. The summed E-state index contributed by atoms with van der Waals surface area (Å²) < 4.78 is 17.0. The van der Waals surface area contributed by atoms with Gasteiger partial charge in [0, 0.05) is 25.3 Å². The first-order valence-corrected chi connectivity index (χ1v) is 11.1. The molecule has 1 aromatic heterocycles. The lowest BCUT2D eigenvalue weighted by Crippen LogP contribution is -2.54. The number of amides is 3. The molecular formula is C23H28N4O6. The van der Waals surface area contributed by atoms with Crippen molar-refractivity contribution >= 4 is 23.4 Å². The van der Waals surface area contributed by atoms with Crippen LogP contribution in [0.3, 0.4) is 0 Å². The first kappa shape index (κ1) is 22.8. The molecule has 4 rings (SSSR count). The molecule has 1 fully saturated rings. The number of aromatic nitrogens is 1. The van der Waals surface area contributed by atoms with E-state index in [1.54, 1.807) is 37.1 Å². The highest BCUT2D eigenvalue weighted by Gasteiger charge is 2.39. The van der Waals surface area contributed by atoms with Gasteiger partial charge in [-0.05, 0) is 44.9 Å². The Bertz CT molecular complexity index is 1050. The van der Waals surface area contributed by atoms with Gasteiger partial charge in [-0.2, -0.15) is 0 Å². The molecule has 0 bridgehead atoms. The Morgan fingerprint density at radius 3 is 2.79 bits per heavy atom. The molecule has 1 saturated heterocycles. The van der Waals surface area contributed by atoms with Crippen molar-refractivity contribution in [1.82, 2.24) is 15.4 Å². The molecule has 0 spiro atoms. The molecule has 2 N–H and O–H groups in total. The Labute approximate surface area is 191 Å². The Kier molecular flexibility index (Phi) is 6.64. The van der Waals surface area contributed by atoms with Gasteiger partial charge in [0.15, 0.2) is 5.69 Å². The first-order valence-electron chi connectivity index (χ1n) is 11.1. The van der Waals surface area contributed by atoms with E-state index >= 15 is 0 Å². The molecule has 2 aliphatic heterocycles. The SMILES string of the molecule is CCNC(=O)C[C@H]1CC[C@H]2[C@@H](COc3ccc(NC(=O)c4cc(C)on4)cc3C(=O)N2C)O1. The van der Waals surface area contributed by atoms with Gasteiger partial charge in [-0.3, -0.25) is 14.4 Å². The number of carbonyl (C=O) groups excluding carboxylic acids is 3. The number of fused-ring (bicyclic) bond motifs is 2. The smallest absolute Gasteiger partial charge is 0.277 e. The first-order chi connectivity index (χ1) is 15.9. The van der Waals surface area contributed by atoms with Crippen molar-refractivity contribution in [1.29, 1.82) is 0 Å². The van der Waals surface area contributed by atoms with Gasteiger partial charge in [-0.1, -0.05) is 5.16 Å². The summed E-state index contributed by atoms with van der Waals surface area (Å²) >= 11 is 0. The molecule has 3 heterocycles. The van der Waals surface area contributed by atoms with E-state index in [9.17, 15) is 14.4 Å². The summed E-state index contributed by atoms with van der Waals surface area (Å²) in [5, 5.41) is 9.23. The fourth-order valence-electron chi connectivity index (χ4n) is 4.25. The van der Waals surface area contributed by atoms with E-state index in [0.29, 0.717) is 48.6 Å². The fraction of sp³-hybridized carbons (Fsp3) is 0.478. The van der Waals surface area contributed by atoms with Crippen molar-refractivity contribution in [2.24, 2.45) is 0 Å². The maximum atomic E-state index is 13.3. The number of aryl methyl sites for hydroxylation is 1. The van der Waals surface area contributed by atoms with Gasteiger partial charge < -0.3 is 29.5 Å². The summed E-state index contributed by atoms with van der Waals surface area (Å²) in [7, 11) is 1.74. The fourth-order valence-corrected chi connectivity index (χ4v) is 4.25. The number of benzene rings is 1. The monoisotopic (exact) mass is 456 g/mol. The van der Waals surface area contributed by atoms with Crippen molar-refractivity contribution in [2.45, 2.75) is 51.4 Å². The Balaban J connectivity index is 1.49. The van der Waals surface area contributed by atoms with E-state index < -0.39 is 5.91 Å². The van der Waals surface area contributed by atoms with Crippen LogP contribution in [0.15, 0.2) is 28.8 Å². The molecular weight excluding hydrogens is 428 g/mol. The normalized spacial score (nSPS) is 22.3. The number of anilines is 1. The number of rotatable bonds is 5. The topological polar surface area (TPSA) is 123 Å². The molecule has 0 unspecified atom stereocenters. The minimum absolute atomic E-state index is 0.0437. The van der Waals surface area contributed by atoms with Crippen LogP contribution in [0.5, 0.6) is 5.75 Å². The molecule has 10 nitrogen and oxygen atoms in total.